The fourth-order valence-electron chi connectivity index (χ4n) is 4.98. The number of nitrogens with zero attached hydrogens (tertiary/aromatic N) is 4. The quantitative estimate of drug-likeness (QED) is 0.249. The van der Waals surface area contributed by atoms with Gasteiger partial charge in [0.2, 0.25) is 0 Å². The van der Waals surface area contributed by atoms with Crippen LogP contribution in [0.4, 0.5) is 5.69 Å². The first-order valence-electron chi connectivity index (χ1n) is 12.5. The molecule has 188 valence electrons. The van der Waals surface area contributed by atoms with Crippen LogP contribution in [0.1, 0.15) is 34.7 Å². The maximum atomic E-state index is 6.07. The molecule has 3 aromatic heterocycles. The number of anilines is 1. The molecular formula is C31H27N5OS. The SMILES string of the molecule is Cc1ccc(Oc2ccc(N3C(=S)N[C@H](c4ccccn4)[C@H]3c3ccc(C)n3-c3cccnc3)cc2)cc1. The summed E-state index contributed by atoms with van der Waals surface area (Å²) in [5.41, 5.74) is 6.31. The van der Waals surface area contributed by atoms with Crippen LogP contribution < -0.4 is 15.0 Å². The molecule has 1 aliphatic rings. The lowest BCUT2D eigenvalue weighted by Gasteiger charge is -2.29. The van der Waals surface area contributed by atoms with Crippen molar-refractivity contribution in [3.05, 3.63) is 132 Å². The van der Waals surface area contributed by atoms with E-state index in [1.165, 1.54) is 5.56 Å². The average molecular weight is 518 g/mol. The molecule has 1 N–H and O–H groups in total. The van der Waals surface area contributed by atoms with Crippen LogP contribution in [0, 0.1) is 13.8 Å². The predicted molar refractivity (Wildman–Crippen MR) is 154 cm³/mol. The number of aromatic nitrogens is 3. The van der Waals surface area contributed by atoms with Crippen LogP contribution in [0.5, 0.6) is 11.5 Å². The molecule has 2 aromatic carbocycles. The highest BCUT2D eigenvalue weighted by Gasteiger charge is 2.42. The summed E-state index contributed by atoms with van der Waals surface area (Å²) in [4.78, 5) is 11.2. The molecule has 1 saturated heterocycles. The lowest BCUT2D eigenvalue weighted by Crippen LogP contribution is -2.30. The maximum Gasteiger partial charge on any atom is 0.174 e. The van der Waals surface area contributed by atoms with Gasteiger partial charge >= 0.3 is 0 Å². The molecule has 0 unspecified atom stereocenters. The van der Waals surface area contributed by atoms with Crippen molar-refractivity contribution < 1.29 is 4.74 Å². The van der Waals surface area contributed by atoms with Crippen molar-refractivity contribution in [3.8, 4) is 17.2 Å². The van der Waals surface area contributed by atoms with Crippen LogP contribution in [-0.4, -0.2) is 19.6 Å². The molecule has 4 heterocycles. The molecule has 2 atom stereocenters. The van der Waals surface area contributed by atoms with E-state index >= 15 is 0 Å². The predicted octanol–water partition coefficient (Wildman–Crippen LogP) is 6.85. The molecule has 1 aliphatic heterocycles. The highest BCUT2D eigenvalue weighted by Crippen LogP contribution is 2.43. The summed E-state index contributed by atoms with van der Waals surface area (Å²) in [6.45, 7) is 4.17. The van der Waals surface area contributed by atoms with Crippen molar-refractivity contribution in [1.82, 2.24) is 19.9 Å². The average Bonchev–Trinajstić information content (AvgIpc) is 3.50. The Morgan fingerprint density at radius 3 is 2.24 bits per heavy atom. The zero-order valence-corrected chi connectivity index (χ0v) is 22.0. The van der Waals surface area contributed by atoms with Gasteiger partial charge in [-0.05, 0) is 98.9 Å². The van der Waals surface area contributed by atoms with Crippen LogP contribution in [0.2, 0.25) is 0 Å². The van der Waals surface area contributed by atoms with E-state index < -0.39 is 0 Å². The number of hydrogen-bond donors (Lipinski definition) is 1. The van der Waals surface area contributed by atoms with Gasteiger partial charge in [0, 0.05) is 29.5 Å². The first kappa shape index (κ1) is 23.9. The molecule has 38 heavy (non-hydrogen) atoms. The van der Waals surface area contributed by atoms with Crippen LogP contribution >= 0.6 is 12.2 Å². The fourth-order valence-corrected chi connectivity index (χ4v) is 5.32. The molecule has 1 fully saturated rings. The Kier molecular flexibility index (Phi) is 6.35. The van der Waals surface area contributed by atoms with Crippen molar-refractivity contribution in [3.63, 3.8) is 0 Å². The highest BCUT2D eigenvalue weighted by molar-refractivity contribution is 7.80. The van der Waals surface area contributed by atoms with Gasteiger partial charge in [0.25, 0.3) is 0 Å². The van der Waals surface area contributed by atoms with Crippen molar-refractivity contribution >= 4 is 23.0 Å². The number of nitrogens with one attached hydrogen (secondary N) is 1. The lowest BCUT2D eigenvalue weighted by molar-refractivity contribution is 0.482. The Morgan fingerprint density at radius 1 is 0.789 bits per heavy atom. The van der Waals surface area contributed by atoms with Gasteiger partial charge in [0.15, 0.2) is 5.11 Å². The van der Waals surface area contributed by atoms with Gasteiger partial charge in [-0.25, -0.2) is 0 Å². The van der Waals surface area contributed by atoms with Crippen molar-refractivity contribution in [2.75, 3.05) is 4.90 Å². The first-order chi connectivity index (χ1) is 18.6. The van der Waals surface area contributed by atoms with E-state index in [1.54, 1.807) is 6.20 Å². The van der Waals surface area contributed by atoms with Crippen molar-refractivity contribution in [2.45, 2.75) is 25.9 Å². The van der Waals surface area contributed by atoms with E-state index in [1.807, 2.05) is 73.1 Å². The van der Waals surface area contributed by atoms with Gasteiger partial charge in [-0.3, -0.25) is 9.97 Å². The first-order valence-corrected chi connectivity index (χ1v) is 12.9. The zero-order chi connectivity index (χ0) is 26.1. The molecule has 0 spiro atoms. The number of aryl methyl sites for hydroxylation is 2. The number of rotatable bonds is 6. The largest absolute Gasteiger partial charge is 0.457 e. The van der Waals surface area contributed by atoms with E-state index in [9.17, 15) is 0 Å². The molecule has 0 saturated carbocycles. The topological polar surface area (TPSA) is 55.2 Å². The van der Waals surface area contributed by atoms with Crippen LogP contribution in [-0.2, 0) is 0 Å². The molecule has 0 aliphatic carbocycles. The second-order valence-corrected chi connectivity index (χ2v) is 9.74. The molecule has 6 nitrogen and oxygen atoms in total. The van der Waals surface area contributed by atoms with Gasteiger partial charge in [-0.2, -0.15) is 0 Å². The van der Waals surface area contributed by atoms with Gasteiger partial charge in [0.1, 0.15) is 17.5 Å². The maximum absolute atomic E-state index is 6.07. The number of thiocarbonyl (C=S) groups is 1. The van der Waals surface area contributed by atoms with Gasteiger partial charge < -0.3 is 19.5 Å². The zero-order valence-electron chi connectivity index (χ0n) is 21.2. The van der Waals surface area contributed by atoms with Gasteiger partial charge in [-0.15, -0.1) is 0 Å². The van der Waals surface area contributed by atoms with Gasteiger partial charge in [-0.1, -0.05) is 23.8 Å². The van der Waals surface area contributed by atoms with Gasteiger partial charge in [0.05, 0.1) is 23.6 Å². The summed E-state index contributed by atoms with van der Waals surface area (Å²) in [6.07, 6.45) is 5.49. The minimum atomic E-state index is -0.143. The summed E-state index contributed by atoms with van der Waals surface area (Å²) >= 11 is 5.93. The standard InChI is InChI=1S/C31H27N5OS/c1-21-8-13-25(14-9-21)37-26-15-11-23(12-16-26)36-30(29(34-31(36)38)27-7-3-4-19-33-27)28-17-10-22(2)35(28)24-6-5-18-32-20-24/h3-20,29-30H,1-2H3,(H,34,38)/t29-,30-/m1/s1. The normalized spacial score (nSPS) is 16.9. The summed E-state index contributed by atoms with van der Waals surface area (Å²) in [5, 5.41) is 4.20. The Balaban J connectivity index is 1.41. The summed E-state index contributed by atoms with van der Waals surface area (Å²) in [7, 11) is 0. The number of hydrogen-bond acceptors (Lipinski definition) is 4. The molecule has 6 rings (SSSR count). The smallest absolute Gasteiger partial charge is 0.174 e. The fraction of sp³-hybridized carbons (Fsp3) is 0.129. The lowest BCUT2D eigenvalue weighted by atomic mass is 10.0. The Labute approximate surface area is 227 Å². The third kappa shape index (κ3) is 4.53. The number of pyridine rings is 2. The third-order valence-electron chi connectivity index (χ3n) is 6.78. The Morgan fingerprint density at radius 2 is 1.55 bits per heavy atom. The van der Waals surface area contributed by atoms with Crippen LogP contribution in [0.15, 0.2) is 110 Å². The second kappa shape index (κ2) is 10.1. The Bertz CT molecular complexity index is 1550. The number of benzene rings is 2. The van der Waals surface area contributed by atoms with Crippen molar-refractivity contribution in [2.24, 2.45) is 0 Å². The summed E-state index contributed by atoms with van der Waals surface area (Å²) < 4.78 is 8.31. The van der Waals surface area contributed by atoms with Crippen LogP contribution in [0.3, 0.4) is 0 Å². The van der Waals surface area contributed by atoms with E-state index in [2.05, 4.69) is 68.9 Å². The molecule has 0 amide bonds. The molecule has 7 heteroatoms. The third-order valence-corrected chi connectivity index (χ3v) is 7.10. The molecule has 5 aromatic rings. The number of ether oxygens (including phenoxy) is 1. The monoisotopic (exact) mass is 517 g/mol. The Hall–Kier alpha value is -4.49. The highest BCUT2D eigenvalue weighted by atomic mass is 32.1. The van der Waals surface area contributed by atoms with Crippen molar-refractivity contribution in [1.29, 1.82) is 0 Å². The summed E-state index contributed by atoms with van der Waals surface area (Å²) in [6, 6.07) is 30.1. The molecule has 0 bridgehead atoms. The van der Waals surface area contributed by atoms with E-state index in [4.69, 9.17) is 17.0 Å². The van der Waals surface area contributed by atoms with E-state index in [0.29, 0.717) is 5.11 Å². The summed E-state index contributed by atoms with van der Waals surface area (Å²) in [5.74, 6) is 1.57. The van der Waals surface area contributed by atoms with E-state index in [0.717, 1.165) is 40.0 Å². The van der Waals surface area contributed by atoms with Crippen LogP contribution in [0.25, 0.3) is 5.69 Å². The minimum Gasteiger partial charge on any atom is -0.457 e. The van der Waals surface area contributed by atoms with E-state index in [-0.39, 0.29) is 12.1 Å². The minimum absolute atomic E-state index is 0.142. The second-order valence-electron chi connectivity index (χ2n) is 9.35. The molecular weight excluding hydrogens is 490 g/mol. The molecule has 0 radical (unpaired) electrons.